The van der Waals surface area contributed by atoms with Crippen LogP contribution in [0.4, 0.5) is 4.39 Å². The van der Waals surface area contributed by atoms with Crippen LogP contribution in [0.15, 0.2) is 76.4 Å². The van der Waals surface area contributed by atoms with Gasteiger partial charge in [0.15, 0.2) is 0 Å². The summed E-state index contributed by atoms with van der Waals surface area (Å²) in [5, 5.41) is 13.7. The maximum absolute atomic E-state index is 13.3. The summed E-state index contributed by atoms with van der Waals surface area (Å²) in [7, 11) is 0. The Bertz CT molecular complexity index is 1130. The van der Waals surface area contributed by atoms with Gasteiger partial charge in [-0.1, -0.05) is 36.0 Å². The van der Waals surface area contributed by atoms with Crippen LogP contribution in [0.1, 0.15) is 12.7 Å². The van der Waals surface area contributed by atoms with Gasteiger partial charge in [0.05, 0.1) is 18.1 Å². The molecule has 2 aromatic carbocycles. The fraction of sp³-hybridized carbons (Fsp3) is 0.136. The van der Waals surface area contributed by atoms with E-state index in [-0.39, 0.29) is 17.0 Å². The van der Waals surface area contributed by atoms with Crippen molar-refractivity contribution in [1.29, 1.82) is 0 Å². The van der Waals surface area contributed by atoms with Gasteiger partial charge in [-0.15, -0.1) is 10.2 Å². The summed E-state index contributed by atoms with van der Waals surface area (Å²) in [5.41, 5.74) is 1.47. The number of hydrogen-bond donors (Lipinski definition) is 1. The Morgan fingerprint density at radius 2 is 1.83 bits per heavy atom. The third-order valence-electron chi connectivity index (χ3n) is 4.45. The van der Waals surface area contributed by atoms with E-state index >= 15 is 0 Å². The molecule has 29 heavy (non-hydrogen) atoms. The average molecular weight is 407 g/mol. The number of carbonyl (C=O) groups is 1. The normalized spacial score (nSPS) is 12.1. The highest BCUT2D eigenvalue weighted by Crippen LogP contribution is 2.33. The van der Waals surface area contributed by atoms with E-state index in [0.29, 0.717) is 23.0 Å². The van der Waals surface area contributed by atoms with Gasteiger partial charge >= 0.3 is 0 Å². The second-order valence-electron chi connectivity index (χ2n) is 6.46. The lowest BCUT2D eigenvalue weighted by molar-refractivity contribution is -0.120. The number of halogens is 1. The van der Waals surface area contributed by atoms with Crippen LogP contribution >= 0.6 is 11.8 Å². The molecule has 1 amide bonds. The lowest BCUT2D eigenvalue weighted by Gasteiger charge is -2.13. The van der Waals surface area contributed by atoms with E-state index in [9.17, 15) is 9.18 Å². The Labute approximate surface area is 171 Å². The number of rotatable bonds is 6. The van der Waals surface area contributed by atoms with Crippen molar-refractivity contribution in [3.05, 3.63) is 78.5 Å². The third-order valence-corrected chi connectivity index (χ3v) is 5.54. The van der Waals surface area contributed by atoms with E-state index in [1.807, 2.05) is 37.3 Å². The first-order chi connectivity index (χ1) is 14.1. The van der Waals surface area contributed by atoms with Gasteiger partial charge in [-0.25, -0.2) is 4.39 Å². The molecule has 146 valence electrons. The first kappa shape index (κ1) is 19.1. The smallest absolute Gasteiger partial charge is 0.233 e. The highest BCUT2D eigenvalue weighted by atomic mass is 32.2. The monoisotopic (exact) mass is 407 g/mol. The summed E-state index contributed by atoms with van der Waals surface area (Å²) in [5.74, 6) is 0.289. The third kappa shape index (κ3) is 4.30. The number of nitrogens with zero attached hydrogens (tertiary/aromatic N) is 2. The predicted octanol–water partition coefficient (Wildman–Crippen LogP) is 4.83. The van der Waals surface area contributed by atoms with E-state index in [2.05, 4.69) is 15.5 Å². The molecule has 4 aromatic rings. The second-order valence-corrected chi connectivity index (χ2v) is 7.79. The Morgan fingerprint density at radius 1 is 1.07 bits per heavy atom. The number of benzene rings is 2. The summed E-state index contributed by atoms with van der Waals surface area (Å²) in [6.07, 6.45) is 1.57. The molecule has 2 aromatic heterocycles. The molecular formula is C22H18FN3O2S. The molecule has 1 unspecified atom stereocenters. The van der Waals surface area contributed by atoms with Gasteiger partial charge in [0.2, 0.25) is 5.91 Å². The summed E-state index contributed by atoms with van der Waals surface area (Å²) >= 11 is 1.35. The van der Waals surface area contributed by atoms with E-state index < -0.39 is 0 Å². The Balaban J connectivity index is 1.57. The van der Waals surface area contributed by atoms with E-state index in [1.165, 1.54) is 23.9 Å². The van der Waals surface area contributed by atoms with Crippen molar-refractivity contribution in [2.24, 2.45) is 0 Å². The molecule has 1 N–H and O–H groups in total. The second kappa shape index (κ2) is 8.45. The van der Waals surface area contributed by atoms with Crippen molar-refractivity contribution in [1.82, 2.24) is 15.5 Å². The standard InChI is InChI=1S/C22H18FN3O2S/c1-14(21(27)24-13-17-5-4-12-28-17)29-22-19-7-3-2-6-18(19)20(25-26-22)15-8-10-16(23)11-9-15/h2-12,14H,13H2,1H3,(H,24,27). The Kier molecular flexibility index (Phi) is 5.57. The lowest BCUT2D eigenvalue weighted by Crippen LogP contribution is -2.30. The SMILES string of the molecule is CC(Sc1nnc(-c2ccc(F)cc2)c2ccccc12)C(=O)NCc1ccco1. The largest absolute Gasteiger partial charge is 0.467 e. The van der Waals surface area contributed by atoms with Gasteiger partial charge < -0.3 is 9.73 Å². The summed E-state index contributed by atoms with van der Waals surface area (Å²) in [6.45, 7) is 2.17. The molecule has 0 aliphatic rings. The quantitative estimate of drug-likeness (QED) is 0.464. The van der Waals surface area contributed by atoms with Gasteiger partial charge in [-0.3, -0.25) is 4.79 Å². The maximum Gasteiger partial charge on any atom is 0.233 e. The van der Waals surface area contributed by atoms with Crippen molar-refractivity contribution in [2.75, 3.05) is 0 Å². The van der Waals surface area contributed by atoms with Crippen molar-refractivity contribution < 1.29 is 13.6 Å². The molecule has 2 heterocycles. The number of fused-ring (bicyclic) bond motifs is 1. The highest BCUT2D eigenvalue weighted by Gasteiger charge is 2.18. The fourth-order valence-corrected chi connectivity index (χ4v) is 3.86. The van der Waals surface area contributed by atoms with Crippen molar-refractivity contribution >= 4 is 28.4 Å². The molecule has 4 rings (SSSR count). The predicted molar refractivity (Wildman–Crippen MR) is 111 cm³/mol. The minimum absolute atomic E-state index is 0.111. The molecule has 5 nitrogen and oxygen atoms in total. The van der Waals surface area contributed by atoms with Crippen LogP contribution in [0, 0.1) is 5.82 Å². The van der Waals surface area contributed by atoms with Crippen LogP contribution < -0.4 is 5.32 Å². The van der Waals surface area contributed by atoms with Crippen LogP contribution in [0.5, 0.6) is 0 Å². The van der Waals surface area contributed by atoms with Crippen molar-refractivity contribution in [3.8, 4) is 11.3 Å². The van der Waals surface area contributed by atoms with E-state index in [1.54, 1.807) is 24.5 Å². The molecule has 0 radical (unpaired) electrons. The molecule has 0 saturated carbocycles. The molecule has 1 atom stereocenters. The number of furan rings is 1. The van der Waals surface area contributed by atoms with Gasteiger partial charge in [0, 0.05) is 16.3 Å². The minimum atomic E-state index is -0.362. The number of carbonyl (C=O) groups excluding carboxylic acids is 1. The molecule has 0 fully saturated rings. The van der Waals surface area contributed by atoms with Crippen molar-refractivity contribution in [3.63, 3.8) is 0 Å². The molecular weight excluding hydrogens is 389 g/mol. The molecule has 7 heteroatoms. The zero-order chi connectivity index (χ0) is 20.2. The number of aromatic nitrogens is 2. The van der Waals surface area contributed by atoms with Crippen LogP contribution in [-0.2, 0) is 11.3 Å². The number of nitrogens with one attached hydrogen (secondary N) is 1. The van der Waals surface area contributed by atoms with Gasteiger partial charge in [0.25, 0.3) is 0 Å². The molecule has 0 bridgehead atoms. The number of amides is 1. The van der Waals surface area contributed by atoms with Crippen LogP contribution in [0.3, 0.4) is 0 Å². The molecule has 0 aliphatic heterocycles. The van der Waals surface area contributed by atoms with Gasteiger partial charge in [-0.05, 0) is 43.3 Å². The van der Waals surface area contributed by atoms with Crippen LogP contribution in [0.2, 0.25) is 0 Å². The topological polar surface area (TPSA) is 68.0 Å². The molecule has 0 aliphatic carbocycles. The maximum atomic E-state index is 13.3. The van der Waals surface area contributed by atoms with E-state index in [0.717, 1.165) is 16.3 Å². The minimum Gasteiger partial charge on any atom is -0.467 e. The van der Waals surface area contributed by atoms with Crippen molar-refractivity contribution in [2.45, 2.75) is 23.7 Å². The van der Waals surface area contributed by atoms with Gasteiger partial charge in [0.1, 0.15) is 22.3 Å². The Hall–Kier alpha value is -3.19. The Morgan fingerprint density at radius 3 is 2.55 bits per heavy atom. The average Bonchev–Trinajstić information content (AvgIpc) is 3.26. The zero-order valence-electron chi connectivity index (χ0n) is 15.6. The highest BCUT2D eigenvalue weighted by molar-refractivity contribution is 8.00. The van der Waals surface area contributed by atoms with Gasteiger partial charge in [-0.2, -0.15) is 0 Å². The zero-order valence-corrected chi connectivity index (χ0v) is 16.4. The molecule has 0 spiro atoms. The lowest BCUT2D eigenvalue weighted by atomic mass is 10.1. The van der Waals surface area contributed by atoms with Crippen LogP contribution in [0.25, 0.3) is 22.0 Å². The first-order valence-corrected chi connectivity index (χ1v) is 9.98. The number of thioether (sulfide) groups is 1. The number of hydrogen-bond acceptors (Lipinski definition) is 5. The molecule has 0 saturated heterocycles. The summed E-state index contributed by atoms with van der Waals surface area (Å²) in [6, 6.07) is 17.5. The first-order valence-electron chi connectivity index (χ1n) is 9.10. The van der Waals surface area contributed by atoms with E-state index in [4.69, 9.17) is 4.42 Å². The summed E-state index contributed by atoms with van der Waals surface area (Å²) < 4.78 is 18.5. The van der Waals surface area contributed by atoms with Crippen LogP contribution in [-0.4, -0.2) is 21.4 Å². The fourth-order valence-electron chi connectivity index (χ4n) is 2.94. The summed E-state index contributed by atoms with van der Waals surface area (Å²) in [4.78, 5) is 12.4.